The molecule has 7 heteroatoms. The number of hydrogen-bond acceptors (Lipinski definition) is 6. The van der Waals surface area contributed by atoms with Gasteiger partial charge in [-0.15, -0.1) is 10.2 Å². The zero-order chi connectivity index (χ0) is 17.2. The van der Waals surface area contributed by atoms with Crippen LogP contribution in [0.25, 0.3) is 11.3 Å². The van der Waals surface area contributed by atoms with Gasteiger partial charge in [0.05, 0.1) is 0 Å². The van der Waals surface area contributed by atoms with Gasteiger partial charge in [-0.2, -0.15) is 4.98 Å². The molecule has 0 amide bonds. The molecule has 1 aliphatic rings. The molecule has 4 rings (SSSR count). The van der Waals surface area contributed by atoms with Crippen molar-refractivity contribution < 1.29 is 4.74 Å². The number of ether oxygens (including phenoxy) is 1. The van der Waals surface area contributed by atoms with Crippen LogP contribution in [0.2, 0.25) is 5.02 Å². The monoisotopic (exact) mass is 370 g/mol. The summed E-state index contributed by atoms with van der Waals surface area (Å²) in [5.41, 5.74) is 3.58. The second kappa shape index (κ2) is 6.90. The summed E-state index contributed by atoms with van der Waals surface area (Å²) < 4.78 is 5.89. The number of fused-ring (bicyclic) bond motifs is 3. The molecule has 0 saturated carbocycles. The second-order valence-electron chi connectivity index (χ2n) is 5.58. The Bertz CT molecular complexity index is 921. The van der Waals surface area contributed by atoms with E-state index in [1.165, 1.54) is 11.8 Å². The Morgan fingerprint density at radius 2 is 1.92 bits per heavy atom. The number of anilines is 1. The summed E-state index contributed by atoms with van der Waals surface area (Å²) in [6.45, 7) is 1.94. The molecule has 1 aromatic heterocycles. The van der Waals surface area contributed by atoms with E-state index in [2.05, 4.69) is 20.5 Å². The lowest BCUT2D eigenvalue weighted by Crippen LogP contribution is -2.21. The van der Waals surface area contributed by atoms with Gasteiger partial charge in [0.15, 0.2) is 11.9 Å². The zero-order valence-electron chi connectivity index (χ0n) is 13.4. The average Bonchev–Trinajstić information content (AvgIpc) is 2.75. The molecule has 0 aliphatic carbocycles. The summed E-state index contributed by atoms with van der Waals surface area (Å²) in [7, 11) is 0. The highest BCUT2D eigenvalue weighted by Gasteiger charge is 2.22. The minimum Gasteiger partial charge on any atom is -0.452 e. The molecule has 2 aromatic carbocycles. The van der Waals surface area contributed by atoms with Crippen LogP contribution in [0, 0.1) is 0 Å². The quantitative estimate of drug-likeness (QED) is 0.678. The van der Waals surface area contributed by atoms with Gasteiger partial charge in [0.1, 0.15) is 0 Å². The van der Waals surface area contributed by atoms with Crippen molar-refractivity contribution in [3.8, 4) is 17.1 Å². The van der Waals surface area contributed by atoms with Gasteiger partial charge in [0.25, 0.3) is 0 Å². The van der Waals surface area contributed by atoms with E-state index in [-0.39, 0.29) is 6.23 Å². The highest BCUT2D eigenvalue weighted by atomic mass is 35.5. The summed E-state index contributed by atoms with van der Waals surface area (Å²) in [6.07, 6.45) is -0.208. The molecule has 2 heterocycles. The molecule has 0 saturated heterocycles. The van der Waals surface area contributed by atoms with Crippen molar-refractivity contribution in [1.29, 1.82) is 0 Å². The predicted molar refractivity (Wildman–Crippen MR) is 100.0 cm³/mol. The smallest absolute Gasteiger partial charge is 0.247 e. The number of benzene rings is 2. The Kier molecular flexibility index (Phi) is 4.46. The molecule has 126 valence electrons. The highest BCUT2D eigenvalue weighted by Crippen LogP contribution is 2.36. The molecule has 1 aliphatic heterocycles. The maximum absolute atomic E-state index is 6.20. The summed E-state index contributed by atoms with van der Waals surface area (Å²) in [4.78, 5) is 4.55. The maximum Gasteiger partial charge on any atom is 0.247 e. The predicted octanol–water partition coefficient (Wildman–Crippen LogP) is 4.63. The van der Waals surface area contributed by atoms with Gasteiger partial charge in [-0.05, 0) is 24.6 Å². The van der Waals surface area contributed by atoms with Gasteiger partial charge in [-0.1, -0.05) is 59.8 Å². The Morgan fingerprint density at radius 1 is 1.12 bits per heavy atom. The van der Waals surface area contributed by atoms with Crippen LogP contribution in [-0.4, -0.2) is 21.4 Å². The van der Waals surface area contributed by atoms with Crippen molar-refractivity contribution in [2.75, 3.05) is 5.32 Å². The van der Waals surface area contributed by atoms with Gasteiger partial charge >= 0.3 is 0 Å². The number of halogens is 1. The minimum absolute atomic E-state index is 0.208. The van der Waals surface area contributed by atoms with E-state index in [0.29, 0.717) is 22.5 Å². The van der Waals surface area contributed by atoms with Gasteiger partial charge in [0, 0.05) is 22.0 Å². The van der Waals surface area contributed by atoms with Crippen LogP contribution >= 0.6 is 23.4 Å². The third kappa shape index (κ3) is 3.41. The van der Waals surface area contributed by atoms with Crippen LogP contribution in [0.1, 0.15) is 12.5 Å². The summed E-state index contributed by atoms with van der Waals surface area (Å²) in [6, 6.07) is 15.6. The third-order valence-electron chi connectivity index (χ3n) is 3.78. The number of thioether (sulfide) groups is 1. The Labute approximate surface area is 154 Å². The topological polar surface area (TPSA) is 59.9 Å². The first-order valence-corrected chi connectivity index (χ1v) is 9.20. The third-order valence-corrected chi connectivity index (χ3v) is 5.03. The lowest BCUT2D eigenvalue weighted by molar-refractivity contribution is 0.240. The molecule has 0 fully saturated rings. The summed E-state index contributed by atoms with van der Waals surface area (Å²) in [5.74, 6) is 1.16. The first-order chi connectivity index (χ1) is 12.2. The zero-order valence-corrected chi connectivity index (χ0v) is 15.0. The maximum atomic E-state index is 6.20. The number of aromatic nitrogens is 3. The van der Waals surface area contributed by atoms with Crippen LogP contribution in [0.3, 0.4) is 0 Å². The van der Waals surface area contributed by atoms with E-state index in [1.807, 2.05) is 55.5 Å². The Hall–Kier alpha value is -2.31. The minimum atomic E-state index is -0.208. The van der Waals surface area contributed by atoms with Crippen LogP contribution in [0.15, 0.2) is 53.7 Å². The number of nitrogens with one attached hydrogen (secondary N) is 1. The molecule has 5 nitrogen and oxygen atoms in total. The molecular formula is C18H15ClN4OS. The Balaban J connectivity index is 1.63. The Morgan fingerprint density at radius 3 is 2.80 bits per heavy atom. The molecule has 25 heavy (non-hydrogen) atoms. The summed E-state index contributed by atoms with van der Waals surface area (Å²) >= 11 is 7.68. The first-order valence-electron chi connectivity index (χ1n) is 7.84. The highest BCUT2D eigenvalue weighted by molar-refractivity contribution is 7.98. The van der Waals surface area contributed by atoms with Crippen molar-refractivity contribution in [3.05, 3.63) is 59.1 Å². The van der Waals surface area contributed by atoms with Crippen molar-refractivity contribution in [1.82, 2.24) is 15.2 Å². The van der Waals surface area contributed by atoms with E-state index in [1.54, 1.807) is 0 Å². The van der Waals surface area contributed by atoms with E-state index >= 15 is 0 Å². The molecule has 1 N–H and O–H groups in total. The van der Waals surface area contributed by atoms with E-state index in [4.69, 9.17) is 16.3 Å². The fraction of sp³-hybridized carbons (Fsp3) is 0.167. The van der Waals surface area contributed by atoms with Crippen LogP contribution in [-0.2, 0) is 5.75 Å². The number of nitrogens with zero attached hydrogens (tertiary/aromatic N) is 3. The largest absolute Gasteiger partial charge is 0.452 e. The van der Waals surface area contributed by atoms with Crippen LogP contribution in [0.5, 0.6) is 5.88 Å². The van der Waals surface area contributed by atoms with Crippen molar-refractivity contribution >= 4 is 29.1 Å². The van der Waals surface area contributed by atoms with Gasteiger partial charge in [-0.3, -0.25) is 0 Å². The molecule has 0 bridgehead atoms. The van der Waals surface area contributed by atoms with Crippen molar-refractivity contribution in [3.63, 3.8) is 0 Å². The van der Waals surface area contributed by atoms with Crippen LogP contribution in [0.4, 0.5) is 5.69 Å². The standard InChI is InChI=1S/C18H15ClN4OS/c1-11-20-15-9-5-3-7-13(15)16-17(24-11)21-18(23-22-16)25-10-12-6-2-4-8-14(12)19/h2-9,11,20H,10H2,1H3/t11-/m1/s1. The van der Waals surface area contributed by atoms with Gasteiger partial charge < -0.3 is 10.1 Å². The number of hydrogen-bond donors (Lipinski definition) is 1. The average molecular weight is 371 g/mol. The lowest BCUT2D eigenvalue weighted by atomic mass is 10.1. The molecule has 1 atom stereocenters. The molecule has 0 unspecified atom stereocenters. The number of rotatable bonds is 3. The number of para-hydroxylation sites is 1. The van der Waals surface area contributed by atoms with E-state index in [0.717, 1.165) is 21.8 Å². The molecule has 0 radical (unpaired) electrons. The van der Waals surface area contributed by atoms with Crippen LogP contribution < -0.4 is 10.1 Å². The van der Waals surface area contributed by atoms with Crippen molar-refractivity contribution in [2.45, 2.75) is 24.1 Å². The lowest BCUT2D eigenvalue weighted by Gasteiger charge is -2.13. The fourth-order valence-electron chi connectivity index (χ4n) is 2.60. The molecule has 3 aromatic rings. The van der Waals surface area contributed by atoms with Crippen molar-refractivity contribution in [2.24, 2.45) is 0 Å². The molecular weight excluding hydrogens is 356 g/mol. The summed E-state index contributed by atoms with van der Waals surface area (Å²) in [5, 5.41) is 13.2. The fourth-order valence-corrected chi connectivity index (χ4v) is 3.66. The molecule has 0 spiro atoms. The normalized spacial score (nSPS) is 15.4. The SMILES string of the molecule is C[C@@H]1Nc2ccccc2-c2nnc(SCc3ccccc3Cl)nc2O1. The first kappa shape index (κ1) is 16.2. The second-order valence-corrected chi connectivity index (χ2v) is 6.93. The van der Waals surface area contributed by atoms with Gasteiger partial charge in [-0.25, -0.2) is 0 Å². The van der Waals surface area contributed by atoms with Gasteiger partial charge in [0.2, 0.25) is 11.0 Å². The van der Waals surface area contributed by atoms with E-state index < -0.39 is 0 Å². The van der Waals surface area contributed by atoms with E-state index in [9.17, 15) is 0 Å².